The predicted molar refractivity (Wildman–Crippen MR) is 75.8 cm³/mol. The third-order valence-electron chi connectivity index (χ3n) is 2.49. The first kappa shape index (κ1) is 14.3. The second-order valence-corrected chi connectivity index (χ2v) is 7.14. The molecule has 1 unspecified atom stereocenters. The molecule has 2 rings (SSSR count). The maximum absolute atomic E-state index is 12.4. The summed E-state index contributed by atoms with van der Waals surface area (Å²) in [4.78, 5) is 6.51. The minimum atomic E-state index is -3.68. The van der Waals surface area contributed by atoms with Gasteiger partial charge in [0.25, 0.3) is 10.0 Å². The summed E-state index contributed by atoms with van der Waals surface area (Å²) in [7, 11) is 0.0845. The van der Waals surface area contributed by atoms with Crippen LogP contribution < -0.4 is 10.5 Å². The maximum Gasteiger partial charge on any atom is 0.260 e. The van der Waals surface area contributed by atoms with E-state index >= 15 is 0 Å². The molecular formula is C10H17N5O2S2. The zero-order valence-electron chi connectivity index (χ0n) is 11.0. The minimum Gasteiger partial charge on any atom is -0.381 e. The first-order chi connectivity index (χ1) is 8.81. The Kier molecular flexibility index (Phi) is 3.81. The van der Waals surface area contributed by atoms with Gasteiger partial charge in [0, 0.05) is 24.2 Å². The fourth-order valence-electron chi connectivity index (χ4n) is 1.95. The van der Waals surface area contributed by atoms with Crippen molar-refractivity contribution in [3.8, 4) is 0 Å². The van der Waals surface area contributed by atoms with Crippen molar-refractivity contribution in [1.29, 1.82) is 0 Å². The number of aromatic nitrogens is 2. The lowest BCUT2D eigenvalue weighted by atomic mass is 10.3. The largest absolute Gasteiger partial charge is 0.381 e. The zero-order chi connectivity index (χ0) is 14.2. The van der Waals surface area contributed by atoms with Gasteiger partial charge in [0.2, 0.25) is 0 Å². The van der Waals surface area contributed by atoms with Gasteiger partial charge in [-0.25, -0.2) is 18.1 Å². The molecule has 0 aliphatic rings. The van der Waals surface area contributed by atoms with Crippen LogP contribution in [-0.2, 0) is 10.0 Å². The van der Waals surface area contributed by atoms with Gasteiger partial charge >= 0.3 is 0 Å². The first-order valence-corrected chi connectivity index (χ1v) is 8.05. The molecule has 0 amide bonds. The number of hydrogen-bond donors (Lipinski definition) is 2. The molecule has 0 saturated heterocycles. The first-order valence-electron chi connectivity index (χ1n) is 5.69. The summed E-state index contributed by atoms with van der Waals surface area (Å²) in [5, 5.41) is 1.78. The van der Waals surface area contributed by atoms with Crippen LogP contribution in [0.5, 0.6) is 0 Å². The SMILES string of the molecule is CC(CN(C)C)NS(=O)(=O)c1c(N)nc2sccn12. The van der Waals surface area contributed by atoms with Gasteiger partial charge in [0.05, 0.1) is 0 Å². The van der Waals surface area contributed by atoms with Gasteiger partial charge in [-0.05, 0) is 21.0 Å². The van der Waals surface area contributed by atoms with E-state index in [1.165, 1.54) is 15.7 Å². The summed E-state index contributed by atoms with van der Waals surface area (Å²) in [6, 6.07) is -0.219. The van der Waals surface area contributed by atoms with Crippen LogP contribution in [0.3, 0.4) is 0 Å². The molecule has 2 aromatic heterocycles. The van der Waals surface area contributed by atoms with Crippen molar-refractivity contribution in [2.75, 3.05) is 26.4 Å². The molecule has 0 aliphatic carbocycles. The van der Waals surface area contributed by atoms with E-state index in [1.807, 2.05) is 19.0 Å². The van der Waals surface area contributed by atoms with Crippen LogP contribution in [0.25, 0.3) is 4.96 Å². The number of hydrogen-bond acceptors (Lipinski definition) is 6. The van der Waals surface area contributed by atoms with E-state index in [4.69, 9.17) is 5.73 Å². The topological polar surface area (TPSA) is 92.7 Å². The van der Waals surface area contributed by atoms with Crippen LogP contribution in [0.2, 0.25) is 0 Å². The summed E-state index contributed by atoms with van der Waals surface area (Å²) >= 11 is 1.34. The second-order valence-electron chi connectivity index (χ2n) is 4.64. The average Bonchev–Trinajstić information content (AvgIpc) is 2.72. The van der Waals surface area contributed by atoms with Crippen LogP contribution in [0.15, 0.2) is 16.6 Å². The highest BCUT2D eigenvalue weighted by Crippen LogP contribution is 2.23. The van der Waals surface area contributed by atoms with Crippen LogP contribution >= 0.6 is 11.3 Å². The maximum atomic E-state index is 12.4. The lowest BCUT2D eigenvalue weighted by Gasteiger charge is -2.18. The van der Waals surface area contributed by atoms with Crippen LogP contribution in [-0.4, -0.2) is 49.4 Å². The molecule has 2 aromatic rings. The van der Waals surface area contributed by atoms with Crippen molar-refractivity contribution in [3.05, 3.63) is 11.6 Å². The Balaban J connectivity index is 2.34. The molecule has 19 heavy (non-hydrogen) atoms. The number of nitrogens with one attached hydrogen (secondary N) is 1. The molecule has 0 aliphatic heterocycles. The van der Waals surface area contributed by atoms with E-state index in [2.05, 4.69) is 9.71 Å². The molecular weight excluding hydrogens is 286 g/mol. The lowest BCUT2D eigenvalue weighted by molar-refractivity contribution is 0.370. The zero-order valence-corrected chi connectivity index (χ0v) is 12.6. The number of thiazole rings is 1. The highest BCUT2D eigenvalue weighted by Gasteiger charge is 2.26. The Morgan fingerprint density at radius 2 is 2.26 bits per heavy atom. The quantitative estimate of drug-likeness (QED) is 0.823. The standard InChI is InChI=1S/C10H17N5O2S2/c1-7(6-14(2)3)13-19(16,17)9-8(11)12-10-15(9)4-5-18-10/h4-5,7,13H,6,11H2,1-3H3. The number of sulfonamides is 1. The molecule has 0 bridgehead atoms. The number of nitrogens with two attached hydrogens (primary N) is 1. The second kappa shape index (κ2) is 5.08. The third kappa shape index (κ3) is 2.89. The molecule has 0 spiro atoms. The van der Waals surface area contributed by atoms with Gasteiger partial charge in [0.15, 0.2) is 15.8 Å². The number of imidazole rings is 1. The number of nitrogens with zero attached hydrogens (tertiary/aromatic N) is 3. The molecule has 3 N–H and O–H groups in total. The van der Waals surface area contributed by atoms with Gasteiger partial charge in [-0.2, -0.15) is 0 Å². The Labute approximate surface area is 116 Å². The van der Waals surface area contributed by atoms with Crippen molar-refractivity contribution in [1.82, 2.24) is 19.0 Å². The fraction of sp³-hybridized carbons (Fsp3) is 0.500. The van der Waals surface area contributed by atoms with Crippen LogP contribution in [0.4, 0.5) is 5.82 Å². The Morgan fingerprint density at radius 3 is 2.89 bits per heavy atom. The number of rotatable bonds is 5. The lowest BCUT2D eigenvalue weighted by Crippen LogP contribution is -2.40. The van der Waals surface area contributed by atoms with E-state index in [0.29, 0.717) is 11.5 Å². The summed E-state index contributed by atoms with van der Waals surface area (Å²) in [5.41, 5.74) is 5.71. The normalized spacial score (nSPS) is 14.3. The molecule has 106 valence electrons. The van der Waals surface area contributed by atoms with Crippen LogP contribution in [0.1, 0.15) is 6.92 Å². The highest BCUT2D eigenvalue weighted by molar-refractivity contribution is 7.89. The van der Waals surface area contributed by atoms with Crippen molar-refractivity contribution in [2.24, 2.45) is 0 Å². The van der Waals surface area contributed by atoms with E-state index < -0.39 is 10.0 Å². The molecule has 2 heterocycles. The Morgan fingerprint density at radius 1 is 1.58 bits per heavy atom. The molecule has 0 aromatic carbocycles. The minimum absolute atomic E-state index is 0.00866. The fourth-order valence-corrected chi connectivity index (χ4v) is 4.18. The van der Waals surface area contributed by atoms with E-state index in [0.717, 1.165) is 0 Å². The Bertz CT molecular complexity index is 673. The summed E-state index contributed by atoms with van der Waals surface area (Å²) in [5.74, 6) is 0.0244. The number of nitrogen functional groups attached to an aromatic ring is 1. The molecule has 9 heteroatoms. The van der Waals surface area contributed by atoms with Crippen molar-refractivity contribution < 1.29 is 8.42 Å². The summed E-state index contributed by atoms with van der Waals surface area (Å²) < 4.78 is 28.8. The van der Waals surface area contributed by atoms with Gasteiger partial charge in [-0.3, -0.25) is 4.40 Å². The predicted octanol–water partition coefficient (Wildman–Crippen LogP) is 0.206. The van der Waals surface area contributed by atoms with Crippen LogP contribution in [0, 0.1) is 0 Å². The highest BCUT2D eigenvalue weighted by atomic mass is 32.2. The van der Waals surface area contributed by atoms with Gasteiger partial charge in [-0.1, -0.05) is 0 Å². The monoisotopic (exact) mass is 303 g/mol. The van der Waals surface area contributed by atoms with Gasteiger partial charge in [0.1, 0.15) is 0 Å². The molecule has 0 radical (unpaired) electrons. The number of fused-ring (bicyclic) bond motifs is 1. The molecule has 7 nitrogen and oxygen atoms in total. The molecule has 0 fully saturated rings. The average molecular weight is 303 g/mol. The number of likely N-dealkylation sites (N-methyl/N-ethyl adjacent to an activating group) is 1. The van der Waals surface area contributed by atoms with E-state index in [1.54, 1.807) is 18.5 Å². The van der Waals surface area contributed by atoms with E-state index in [9.17, 15) is 8.42 Å². The summed E-state index contributed by atoms with van der Waals surface area (Å²) in [6.45, 7) is 2.41. The van der Waals surface area contributed by atoms with E-state index in [-0.39, 0.29) is 16.9 Å². The van der Waals surface area contributed by atoms with Gasteiger partial charge in [-0.15, -0.1) is 11.3 Å². The van der Waals surface area contributed by atoms with Gasteiger partial charge < -0.3 is 10.6 Å². The number of anilines is 1. The summed E-state index contributed by atoms with van der Waals surface area (Å²) in [6.07, 6.45) is 1.65. The third-order valence-corrected chi connectivity index (χ3v) is 4.88. The van der Waals surface area contributed by atoms with Crippen molar-refractivity contribution in [3.63, 3.8) is 0 Å². The smallest absolute Gasteiger partial charge is 0.260 e. The van der Waals surface area contributed by atoms with Crippen molar-refractivity contribution >= 4 is 32.1 Å². The molecule has 1 atom stereocenters. The molecule has 0 saturated carbocycles. The van der Waals surface area contributed by atoms with Crippen molar-refractivity contribution in [2.45, 2.75) is 18.0 Å². The Hall–Kier alpha value is -1.16.